The first-order valence-corrected chi connectivity index (χ1v) is 13.0. The molecule has 1 unspecified atom stereocenters. The van der Waals surface area contributed by atoms with Crippen molar-refractivity contribution in [2.45, 2.75) is 143 Å². The fourth-order valence-electron chi connectivity index (χ4n) is 4.47. The molecule has 28 heavy (non-hydrogen) atoms. The van der Waals surface area contributed by atoms with Gasteiger partial charge in [0.1, 0.15) is 6.17 Å². The third-order valence-corrected chi connectivity index (χ3v) is 6.28. The van der Waals surface area contributed by atoms with Crippen molar-refractivity contribution in [3.8, 4) is 0 Å². The molecule has 1 aliphatic heterocycles. The standard InChI is InChI=1S/C26H52N2/c1-4-7-9-10-11-12-13-14-15-16-17-18-19-20-23-28-25-24-27(22-6-3)26(28)21-8-5-2/h24-26H,4-23H2,1-3H3. The van der Waals surface area contributed by atoms with E-state index < -0.39 is 0 Å². The van der Waals surface area contributed by atoms with Gasteiger partial charge in [-0.2, -0.15) is 0 Å². The molecule has 0 amide bonds. The zero-order valence-corrected chi connectivity index (χ0v) is 19.8. The van der Waals surface area contributed by atoms with Gasteiger partial charge in [-0.3, -0.25) is 0 Å². The lowest BCUT2D eigenvalue weighted by molar-refractivity contribution is 0.138. The molecule has 0 saturated heterocycles. The molecule has 0 aromatic rings. The SMILES string of the molecule is CCCCCCCCCCCCCCCCN1C=CN(CCC)C1CCCC. The highest BCUT2D eigenvalue weighted by Crippen LogP contribution is 2.22. The van der Waals surface area contributed by atoms with Gasteiger partial charge in [0.15, 0.2) is 0 Å². The summed E-state index contributed by atoms with van der Waals surface area (Å²) in [6, 6.07) is 0. The smallest absolute Gasteiger partial charge is 0.101 e. The maximum absolute atomic E-state index is 2.62. The van der Waals surface area contributed by atoms with E-state index in [1.165, 1.54) is 129 Å². The first-order chi connectivity index (χ1) is 13.8. The molecule has 0 aromatic heterocycles. The van der Waals surface area contributed by atoms with Crippen molar-refractivity contribution >= 4 is 0 Å². The summed E-state index contributed by atoms with van der Waals surface area (Å²) in [5.74, 6) is 0. The molecule has 0 fully saturated rings. The van der Waals surface area contributed by atoms with Crippen molar-refractivity contribution in [1.29, 1.82) is 0 Å². The summed E-state index contributed by atoms with van der Waals surface area (Å²) < 4.78 is 0. The van der Waals surface area contributed by atoms with Crippen LogP contribution in [-0.4, -0.2) is 29.1 Å². The second-order valence-corrected chi connectivity index (χ2v) is 8.99. The van der Waals surface area contributed by atoms with Crippen molar-refractivity contribution in [3.05, 3.63) is 12.4 Å². The molecular weight excluding hydrogens is 340 g/mol. The number of rotatable bonds is 20. The van der Waals surface area contributed by atoms with Crippen molar-refractivity contribution in [3.63, 3.8) is 0 Å². The van der Waals surface area contributed by atoms with Crippen LogP contribution in [0.5, 0.6) is 0 Å². The summed E-state index contributed by atoms with van der Waals surface area (Å²) in [6.45, 7) is 9.36. The van der Waals surface area contributed by atoms with Gasteiger partial charge in [0.2, 0.25) is 0 Å². The van der Waals surface area contributed by atoms with Gasteiger partial charge in [-0.25, -0.2) is 0 Å². The normalized spacial score (nSPS) is 16.5. The van der Waals surface area contributed by atoms with Gasteiger partial charge in [-0.1, -0.05) is 111 Å². The Kier molecular flexibility index (Phi) is 16.7. The van der Waals surface area contributed by atoms with Crippen LogP contribution in [0.1, 0.15) is 136 Å². The summed E-state index contributed by atoms with van der Waals surface area (Å²) >= 11 is 0. The van der Waals surface area contributed by atoms with Gasteiger partial charge in [-0.05, 0) is 25.7 Å². The Balaban J connectivity index is 1.94. The highest BCUT2D eigenvalue weighted by Gasteiger charge is 2.24. The van der Waals surface area contributed by atoms with Gasteiger partial charge in [0.25, 0.3) is 0 Å². The molecule has 2 heteroatoms. The molecule has 0 saturated carbocycles. The summed E-state index contributed by atoms with van der Waals surface area (Å²) in [4.78, 5) is 5.19. The van der Waals surface area contributed by atoms with E-state index in [-0.39, 0.29) is 0 Å². The minimum atomic E-state index is 0.641. The van der Waals surface area contributed by atoms with Gasteiger partial charge in [0.05, 0.1) is 0 Å². The summed E-state index contributed by atoms with van der Waals surface area (Å²) in [5.41, 5.74) is 0. The van der Waals surface area contributed by atoms with Crippen LogP contribution in [0.25, 0.3) is 0 Å². The molecule has 1 atom stereocenters. The quantitative estimate of drug-likeness (QED) is 0.192. The Hall–Kier alpha value is -0.660. The lowest BCUT2D eigenvalue weighted by atomic mass is 10.0. The Bertz CT molecular complexity index is 352. The Morgan fingerprint density at radius 3 is 1.36 bits per heavy atom. The summed E-state index contributed by atoms with van der Waals surface area (Å²) in [5, 5.41) is 0. The number of nitrogens with zero attached hydrogens (tertiary/aromatic N) is 2. The maximum Gasteiger partial charge on any atom is 0.101 e. The van der Waals surface area contributed by atoms with Crippen molar-refractivity contribution in [2.75, 3.05) is 13.1 Å². The topological polar surface area (TPSA) is 6.48 Å². The van der Waals surface area contributed by atoms with Crippen LogP contribution in [0.2, 0.25) is 0 Å². The van der Waals surface area contributed by atoms with E-state index >= 15 is 0 Å². The third-order valence-electron chi connectivity index (χ3n) is 6.28. The molecule has 0 aliphatic carbocycles. The van der Waals surface area contributed by atoms with Crippen LogP contribution in [0.15, 0.2) is 12.4 Å². The van der Waals surface area contributed by atoms with Gasteiger partial charge < -0.3 is 9.80 Å². The molecule has 0 radical (unpaired) electrons. The minimum Gasteiger partial charge on any atom is -0.356 e. The van der Waals surface area contributed by atoms with E-state index in [9.17, 15) is 0 Å². The van der Waals surface area contributed by atoms with Gasteiger partial charge >= 0.3 is 0 Å². The first kappa shape index (κ1) is 25.4. The highest BCUT2D eigenvalue weighted by atomic mass is 15.4. The average molecular weight is 393 g/mol. The van der Waals surface area contributed by atoms with Crippen LogP contribution in [-0.2, 0) is 0 Å². The van der Waals surface area contributed by atoms with E-state index in [1.807, 2.05) is 0 Å². The third kappa shape index (κ3) is 12.0. The number of unbranched alkanes of at least 4 members (excludes halogenated alkanes) is 14. The van der Waals surface area contributed by atoms with E-state index in [4.69, 9.17) is 0 Å². The predicted molar refractivity (Wildman–Crippen MR) is 126 cm³/mol. The van der Waals surface area contributed by atoms with Crippen LogP contribution in [0, 0.1) is 0 Å². The molecule has 0 spiro atoms. The molecule has 1 aliphatic rings. The lowest BCUT2D eigenvalue weighted by Crippen LogP contribution is -2.39. The van der Waals surface area contributed by atoms with Crippen LogP contribution < -0.4 is 0 Å². The highest BCUT2D eigenvalue weighted by molar-refractivity contribution is 4.96. The maximum atomic E-state index is 2.62. The van der Waals surface area contributed by atoms with Crippen LogP contribution >= 0.6 is 0 Å². The van der Waals surface area contributed by atoms with Gasteiger partial charge in [-0.15, -0.1) is 0 Å². The second-order valence-electron chi connectivity index (χ2n) is 8.99. The Morgan fingerprint density at radius 1 is 0.464 bits per heavy atom. The van der Waals surface area contributed by atoms with E-state index in [2.05, 4.69) is 43.0 Å². The van der Waals surface area contributed by atoms with Crippen molar-refractivity contribution in [1.82, 2.24) is 9.80 Å². The van der Waals surface area contributed by atoms with Crippen molar-refractivity contribution in [2.24, 2.45) is 0 Å². The molecular formula is C26H52N2. The first-order valence-electron chi connectivity index (χ1n) is 13.0. The van der Waals surface area contributed by atoms with Crippen molar-refractivity contribution < 1.29 is 0 Å². The van der Waals surface area contributed by atoms with E-state index in [1.54, 1.807) is 0 Å². The zero-order valence-electron chi connectivity index (χ0n) is 19.8. The minimum absolute atomic E-state index is 0.641. The average Bonchev–Trinajstić information content (AvgIpc) is 3.08. The Morgan fingerprint density at radius 2 is 0.893 bits per heavy atom. The number of hydrogen-bond acceptors (Lipinski definition) is 2. The predicted octanol–water partition coefficient (Wildman–Crippen LogP) is 8.48. The molecule has 0 aromatic carbocycles. The molecule has 0 bridgehead atoms. The van der Waals surface area contributed by atoms with Gasteiger partial charge in [0, 0.05) is 25.5 Å². The molecule has 0 N–H and O–H groups in total. The Labute approximate surface area is 178 Å². The lowest BCUT2D eigenvalue weighted by Gasteiger charge is -2.33. The fourth-order valence-corrected chi connectivity index (χ4v) is 4.47. The second kappa shape index (κ2) is 18.4. The van der Waals surface area contributed by atoms with Crippen LogP contribution in [0.4, 0.5) is 0 Å². The van der Waals surface area contributed by atoms with E-state index in [0.29, 0.717) is 6.17 Å². The van der Waals surface area contributed by atoms with E-state index in [0.717, 1.165) is 0 Å². The molecule has 1 rings (SSSR count). The molecule has 166 valence electrons. The monoisotopic (exact) mass is 392 g/mol. The fraction of sp³-hybridized carbons (Fsp3) is 0.923. The number of hydrogen-bond donors (Lipinski definition) is 0. The largest absolute Gasteiger partial charge is 0.356 e. The van der Waals surface area contributed by atoms with Crippen LogP contribution in [0.3, 0.4) is 0 Å². The zero-order chi connectivity index (χ0) is 20.3. The summed E-state index contributed by atoms with van der Waals surface area (Å²) in [7, 11) is 0. The molecule has 1 heterocycles. The molecule has 2 nitrogen and oxygen atoms in total. The summed E-state index contributed by atoms with van der Waals surface area (Å²) in [6.07, 6.45) is 30.8.